The van der Waals surface area contributed by atoms with Crippen molar-refractivity contribution in [3.63, 3.8) is 0 Å². The molecule has 1 aliphatic rings. The third kappa shape index (κ3) is 6.20. The highest BCUT2D eigenvalue weighted by Crippen LogP contribution is 2.32. The molecule has 1 aliphatic heterocycles. The minimum atomic E-state index is -0.405. The first-order valence-electron chi connectivity index (χ1n) is 9.32. The van der Waals surface area contributed by atoms with Crippen LogP contribution in [0.15, 0.2) is 51.4 Å². The Balaban J connectivity index is 1.72. The molecule has 0 aliphatic carbocycles. The maximum absolute atomic E-state index is 12.6. The van der Waals surface area contributed by atoms with Crippen LogP contribution in [0.2, 0.25) is 0 Å². The Morgan fingerprint density at radius 1 is 1.24 bits per heavy atom. The molecule has 0 aromatic heterocycles. The Kier molecular flexibility index (Phi) is 7.97. The SMILES string of the molecule is CN(CC(=O)C1CNCCO1)Cc1cc(Br)cc(Br)c1NC(=O)c1ccccc1. The van der Waals surface area contributed by atoms with E-state index in [1.165, 1.54) is 0 Å². The molecule has 1 fully saturated rings. The molecule has 154 valence electrons. The largest absolute Gasteiger partial charge is 0.368 e. The molecule has 0 saturated carbocycles. The molecule has 1 unspecified atom stereocenters. The van der Waals surface area contributed by atoms with Crippen molar-refractivity contribution in [1.29, 1.82) is 0 Å². The van der Waals surface area contributed by atoms with Gasteiger partial charge >= 0.3 is 0 Å². The molecular weight excluding hydrogens is 502 g/mol. The Labute approximate surface area is 187 Å². The molecule has 3 rings (SSSR count). The lowest BCUT2D eigenvalue weighted by atomic mass is 10.1. The number of ether oxygens (including phenoxy) is 1. The fourth-order valence-electron chi connectivity index (χ4n) is 3.15. The van der Waals surface area contributed by atoms with Crippen LogP contribution in [0.3, 0.4) is 0 Å². The number of morpholine rings is 1. The number of benzene rings is 2. The number of halogens is 2. The number of carbonyl (C=O) groups is 2. The van der Waals surface area contributed by atoms with Crippen molar-refractivity contribution >= 4 is 49.2 Å². The standard InChI is InChI=1S/C21H23Br2N3O3/c1-26(13-18(27)19-11-24-7-8-29-19)12-15-9-16(22)10-17(23)20(15)25-21(28)14-5-3-2-4-6-14/h2-6,9-10,19,24H,7-8,11-13H2,1H3,(H,25,28). The number of nitrogens with one attached hydrogen (secondary N) is 2. The zero-order valence-electron chi connectivity index (χ0n) is 16.1. The summed E-state index contributed by atoms with van der Waals surface area (Å²) in [7, 11) is 1.88. The van der Waals surface area contributed by atoms with Gasteiger partial charge in [0.1, 0.15) is 6.10 Å². The van der Waals surface area contributed by atoms with Crippen LogP contribution in [0.4, 0.5) is 5.69 Å². The van der Waals surface area contributed by atoms with Crippen LogP contribution in [0.1, 0.15) is 15.9 Å². The van der Waals surface area contributed by atoms with Gasteiger partial charge in [0, 0.05) is 34.1 Å². The summed E-state index contributed by atoms with van der Waals surface area (Å²) in [5.41, 5.74) is 2.17. The lowest BCUT2D eigenvalue weighted by molar-refractivity contribution is -0.132. The number of hydrogen-bond donors (Lipinski definition) is 2. The molecule has 0 spiro atoms. The van der Waals surface area contributed by atoms with Gasteiger partial charge in [0.25, 0.3) is 5.91 Å². The van der Waals surface area contributed by atoms with Crippen LogP contribution in [-0.4, -0.2) is 56.0 Å². The van der Waals surface area contributed by atoms with E-state index in [1.807, 2.05) is 42.3 Å². The average molecular weight is 525 g/mol. The Morgan fingerprint density at radius 3 is 2.69 bits per heavy atom. The van der Waals surface area contributed by atoms with Crippen molar-refractivity contribution in [2.24, 2.45) is 0 Å². The van der Waals surface area contributed by atoms with Gasteiger partial charge in [0.15, 0.2) is 5.78 Å². The lowest BCUT2D eigenvalue weighted by Crippen LogP contribution is -2.46. The van der Waals surface area contributed by atoms with E-state index in [4.69, 9.17) is 4.74 Å². The maximum atomic E-state index is 12.6. The zero-order valence-corrected chi connectivity index (χ0v) is 19.3. The molecule has 1 heterocycles. The molecule has 2 aromatic rings. The molecule has 0 radical (unpaired) electrons. The van der Waals surface area contributed by atoms with Gasteiger partial charge in [-0.25, -0.2) is 0 Å². The van der Waals surface area contributed by atoms with Crippen molar-refractivity contribution in [1.82, 2.24) is 10.2 Å². The summed E-state index contributed by atoms with van der Waals surface area (Å²) in [5, 5.41) is 6.17. The number of ketones is 1. The van der Waals surface area contributed by atoms with Gasteiger partial charge in [-0.3, -0.25) is 14.5 Å². The number of Topliss-reactive ketones (excluding diaryl/α,β-unsaturated/α-hetero) is 1. The second-order valence-electron chi connectivity index (χ2n) is 6.94. The molecule has 6 nitrogen and oxygen atoms in total. The Morgan fingerprint density at radius 2 is 2.00 bits per heavy atom. The summed E-state index contributed by atoms with van der Waals surface area (Å²) in [6.07, 6.45) is -0.405. The zero-order chi connectivity index (χ0) is 20.8. The van der Waals surface area contributed by atoms with Crippen LogP contribution in [0.5, 0.6) is 0 Å². The maximum Gasteiger partial charge on any atom is 0.255 e. The van der Waals surface area contributed by atoms with Crippen molar-refractivity contribution < 1.29 is 14.3 Å². The first-order valence-corrected chi connectivity index (χ1v) is 10.9. The molecule has 2 N–H and O–H groups in total. The number of nitrogens with zero attached hydrogens (tertiary/aromatic N) is 1. The van der Waals surface area contributed by atoms with Gasteiger partial charge in [-0.15, -0.1) is 0 Å². The molecule has 1 amide bonds. The number of carbonyl (C=O) groups excluding carboxylic acids is 2. The predicted molar refractivity (Wildman–Crippen MR) is 120 cm³/mol. The van der Waals surface area contributed by atoms with Crippen LogP contribution < -0.4 is 10.6 Å². The number of rotatable bonds is 7. The van der Waals surface area contributed by atoms with Gasteiger partial charge in [0.05, 0.1) is 18.8 Å². The van der Waals surface area contributed by atoms with E-state index in [2.05, 4.69) is 42.5 Å². The molecular formula is C21H23Br2N3O3. The second-order valence-corrected chi connectivity index (χ2v) is 8.71. The van der Waals surface area contributed by atoms with E-state index in [9.17, 15) is 9.59 Å². The normalized spacial score (nSPS) is 16.6. The average Bonchev–Trinajstić information content (AvgIpc) is 2.71. The van der Waals surface area contributed by atoms with Gasteiger partial charge in [-0.05, 0) is 52.8 Å². The second kappa shape index (κ2) is 10.4. The number of likely N-dealkylation sites (N-methyl/N-ethyl adjacent to an activating group) is 1. The van der Waals surface area contributed by atoms with E-state index < -0.39 is 6.10 Å². The topological polar surface area (TPSA) is 70.7 Å². The summed E-state index contributed by atoms with van der Waals surface area (Å²) in [6, 6.07) is 12.9. The van der Waals surface area contributed by atoms with Crippen molar-refractivity contribution in [2.45, 2.75) is 12.6 Å². The molecule has 1 atom stereocenters. The summed E-state index contributed by atoms with van der Waals surface area (Å²) in [5.74, 6) is -0.140. The Bertz CT molecular complexity index is 871. The van der Waals surface area contributed by atoms with Crippen LogP contribution in [-0.2, 0) is 16.1 Å². The molecule has 2 aromatic carbocycles. The third-order valence-electron chi connectivity index (χ3n) is 4.56. The predicted octanol–water partition coefficient (Wildman–Crippen LogP) is 3.45. The fourth-order valence-corrected chi connectivity index (χ4v) is 4.57. The van der Waals surface area contributed by atoms with E-state index in [-0.39, 0.29) is 18.2 Å². The molecule has 29 heavy (non-hydrogen) atoms. The van der Waals surface area contributed by atoms with Crippen molar-refractivity contribution in [2.75, 3.05) is 38.6 Å². The van der Waals surface area contributed by atoms with E-state index in [1.54, 1.807) is 12.1 Å². The minimum absolute atomic E-state index is 0.0450. The van der Waals surface area contributed by atoms with Crippen LogP contribution in [0, 0.1) is 0 Å². The van der Waals surface area contributed by atoms with Crippen LogP contribution >= 0.6 is 31.9 Å². The minimum Gasteiger partial charge on any atom is -0.368 e. The van der Waals surface area contributed by atoms with Crippen molar-refractivity contribution in [3.8, 4) is 0 Å². The first-order chi connectivity index (χ1) is 13.9. The smallest absolute Gasteiger partial charge is 0.255 e. The third-order valence-corrected chi connectivity index (χ3v) is 5.65. The lowest BCUT2D eigenvalue weighted by Gasteiger charge is -2.25. The molecule has 0 bridgehead atoms. The van der Waals surface area contributed by atoms with Gasteiger partial charge in [-0.1, -0.05) is 34.1 Å². The summed E-state index contributed by atoms with van der Waals surface area (Å²) in [4.78, 5) is 27.0. The van der Waals surface area contributed by atoms with Crippen molar-refractivity contribution in [3.05, 3.63) is 62.5 Å². The summed E-state index contributed by atoms with van der Waals surface area (Å²) in [6.45, 7) is 2.63. The van der Waals surface area contributed by atoms with Crippen LogP contribution in [0.25, 0.3) is 0 Å². The fraction of sp³-hybridized carbons (Fsp3) is 0.333. The quantitative estimate of drug-likeness (QED) is 0.580. The van der Waals surface area contributed by atoms with Gasteiger partial charge in [-0.2, -0.15) is 0 Å². The highest BCUT2D eigenvalue weighted by atomic mass is 79.9. The van der Waals surface area contributed by atoms with E-state index in [0.29, 0.717) is 30.9 Å². The number of amides is 1. The number of hydrogen-bond acceptors (Lipinski definition) is 5. The molecule has 8 heteroatoms. The Hall–Kier alpha value is -1.58. The highest BCUT2D eigenvalue weighted by molar-refractivity contribution is 9.11. The number of anilines is 1. The monoisotopic (exact) mass is 523 g/mol. The summed E-state index contributed by atoms with van der Waals surface area (Å²) < 4.78 is 7.20. The highest BCUT2D eigenvalue weighted by Gasteiger charge is 2.23. The van der Waals surface area contributed by atoms with Gasteiger partial charge in [0.2, 0.25) is 0 Å². The van der Waals surface area contributed by atoms with E-state index >= 15 is 0 Å². The van der Waals surface area contributed by atoms with E-state index in [0.717, 1.165) is 21.1 Å². The van der Waals surface area contributed by atoms with Gasteiger partial charge < -0.3 is 15.4 Å². The first kappa shape index (κ1) is 22.1. The summed E-state index contributed by atoms with van der Waals surface area (Å²) >= 11 is 7.05. The molecule has 1 saturated heterocycles.